The first kappa shape index (κ1) is 16.0. The molecular weight excluding hydrogens is 276 g/mol. The van der Waals surface area contributed by atoms with Gasteiger partial charge in [0.1, 0.15) is 5.56 Å². The normalized spacial score (nSPS) is 12.7. The van der Waals surface area contributed by atoms with E-state index >= 15 is 0 Å². The average molecular weight is 298 g/mol. The van der Waals surface area contributed by atoms with Gasteiger partial charge in [0.15, 0.2) is 0 Å². The second-order valence-corrected chi connectivity index (χ2v) is 6.54. The first-order valence-corrected chi connectivity index (χ1v) is 7.38. The molecular formula is C18H22N2O2. The topological polar surface area (TPSA) is 62.0 Å². The van der Waals surface area contributed by atoms with Crippen molar-refractivity contribution in [2.75, 3.05) is 0 Å². The minimum atomic E-state index is -0.375. The zero-order valence-electron chi connectivity index (χ0n) is 13.4. The van der Waals surface area contributed by atoms with Crippen LogP contribution in [0.15, 0.2) is 47.3 Å². The van der Waals surface area contributed by atoms with E-state index in [1.54, 1.807) is 12.1 Å². The molecule has 22 heavy (non-hydrogen) atoms. The third kappa shape index (κ3) is 3.64. The number of aromatic amines is 1. The number of benzene rings is 1. The SMILES string of the molecule is C[C@H](NC(=O)c1ccc(-c2ccccc2)[nH]c1=O)C(C)(C)C. The molecule has 116 valence electrons. The number of nitrogens with one attached hydrogen (secondary N) is 2. The maximum atomic E-state index is 12.2. The fourth-order valence-corrected chi connectivity index (χ4v) is 1.93. The molecule has 4 heteroatoms. The fourth-order valence-electron chi connectivity index (χ4n) is 1.93. The highest BCUT2D eigenvalue weighted by atomic mass is 16.2. The van der Waals surface area contributed by atoms with Crippen LogP contribution in [-0.4, -0.2) is 16.9 Å². The van der Waals surface area contributed by atoms with Crippen LogP contribution in [0.1, 0.15) is 38.1 Å². The van der Waals surface area contributed by atoms with Gasteiger partial charge in [-0.2, -0.15) is 0 Å². The smallest absolute Gasteiger partial charge is 0.261 e. The van der Waals surface area contributed by atoms with Gasteiger partial charge in [0.05, 0.1) is 0 Å². The van der Waals surface area contributed by atoms with Crippen LogP contribution in [0.2, 0.25) is 0 Å². The summed E-state index contributed by atoms with van der Waals surface area (Å²) in [5.74, 6) is -0.344. The van der Waals surface area contributed by atoms with Crippen LogP contribution in [0.25, 0.3) is 11.3 Å². The van der Waals surface area contributed by atoms with Crippen molar-refractivity contribution in [3.05, 3.63) is 58.4 Å². The molecule has 0 saturated heterocycles. The van der Waals surface area contributed by atoms with Crippen LogP contribution in [0, 0.1) is 5.41 Å². The third-order valence-electron chi connectivity index (χ3n) is 3.89. The van der Waals surface area contributed by atoms with Gasteiger partial charge in [-0.05, 0) is 30.0 Å². The van der Waals surface area contributed by atoms with Gasteiger partial charge in [-0.15, -0.1) is 0 Å². The second kappa shape index (κ2) is 6.18. The van der Waals surface area contributed by atoms with Gasteiger partial charge in [-0.1, -0.05) is 51.1 Å². The van der Waals surface area contributed by atoms with Crippen molar-refractivity contribution < 1.29 is 4.79 Å². The monoisotopic (exact) mass is 298 g/mol. The highest BCUT2D eigenvalue weighted by molar-refractivity contribution is 5.94. The number of H-pyrrole nitrogens is 1. The van der Waals surface area contributed by atoms with Crippen LogP contribution in [0.5, 0.6) is 0 Å². The van der Waals surface area contributed by atoms with Crippen molar-refractivity contribution in [1.82, 2.24) is 10.3 Å². The molecule has 1 atom stereocenters. The van der Waals surface area contributed by atoms with Gasteiger partial charge in [-0.3, -0.25) is 9.59 Å². The highest BCUT2D eigenvalue weighted by Crippen LogP contribution is 2.19. The quantitative estimate of drug-likeness (QED) is 0.914. The predicted molar refractivity (Wildman–Crippen MR) is 88.9 cm³/mol. The number of pyridine rings is 1. The van der Waals surface area contributed by atoms with E-state index in [9.17, 15) is 9.59 Å². The fraction of sp³-hybridized carbons (Fsp3) is 0.333. The lowest BCUT2D eigenvalue weighted by molar-refractivity contribution is 0.0908. The van der Waals surface area contributed by atoms with Crippen molar-refractivity contribution >= 4 is 5.91 Å². The Bertz CT molecular complexity index is 712. The molecule has 2 N–H and O–H groups in total. The number of hydrogen-bond acceptors (Lipinski definition) is 2. The summed E-state index contributed by atoms with van der Waals surface area (Å²) in [6.07, 6.45) is 0. The van der Waals surface area contributed by atoms with Gasteiger partial charge in [0, 0.05) is 11.7 Å². The minimum absolute atomic E-state index is 0.0341. The first-order chi connectivity index (χ1) is 10.3. The summed E-state index contributed by atoms with van der Waals surface area (Å²) >= 11 is 0. The molecule has 0 spiro atoms. The molecule has 4 nitrogen and oxygen atoms in total. The van der Waals surface area contributed by atoms with E-state index in [2.05, 4.69) is 10.3 Å². The third-order valence-corrected chi connectivity index (χ3v) is 3.89. The van der Waals surface area contributed by atoms with Crippen molar-refractivity contribution in [2.45, 2.75) is 33.7 Å². The Morgan fingerprint density at radius 3 is 2.27 bits per heavy atom. The van der Waals surface area contributed by atoms with Gasteiger partial charge >= 0.3 is 0 Å². The summed E-state index contributed by atoms with van der Waals surface area (Å²) in [5, 5.41) is 2.88. The van der Waals surface area contributed by atoms with Gasteiger partial charge in [0.25, 0.3) is 11.5 Å². The number of amides is 1. The molecule has 1 aromatic heterocycles. The maximum Gasteiger partial charge on any atom is 0.261 e. The summed E-state index contributed by atoms with van der Waals surface area (Å²) in [6, 6.07) is 12.8. The van der Waals surface area contributed by atoms with Crippen molar-refractivity contribution in [1.29, 1.82) is 0 Å². The number of hydrogen-bond donors (Lipinski definition) is 2. The summed E-state index contributed by atoms with van der Waals surface area (Å²) in [4.78, 5) is 27.2. The largest absolute Gasteiger partial charge is 0.349 e. The number of aromatic nitrogens is 1. The number of rotatable bonds is 3. The zero-order valence-corrected chi connectivity index (χ0v) is 13.4. The molecule has 1 amide bonds. The molecule has 0 aliphatic rings. The second-order valence-electron chi connectivity index (χ2n) is 6.54. The van der Waals surface area contributed by atoms with E-state index in [4.69, 9.17) is 0 Å². The Kier molecular flexibility index (Phi) is 4.50. The van der Waals surface area contributed by atoms with Gasteiger partial charge in [-0.25, -0.2) is 0 Å². The lowest BCUT2D eigenvalue weighted by Crippen LogP contribution is -2.43. The summed E-state index contributed by atoms with van der Waals surface area (Å²) in [5.41, 5.74) is 1.31. The zero-order chi connectivity index (χ0) is 16.3. The van der Waals surface area contributed by atoms with Crippen molar-refractivity contribution in [3.63, 3.8) is 0 Å². The van der Waals surface area contributed by atoms with E-state index in [1.807, 2.05) is 58.0 Å². The van der Waals surface area contributed by atoms with Crippen molar-refractivity contribution in [3.8, 4) is 11.3 Å². The average Bonchev–Trinajstić information content (AvgIpc) is 2.46. The van der Waals surface area contributed by atoms with Gasteiger partial charge < -0.3 is 10.3 Å². The van der Waals surface area contributed by atoms with Crippen LogP contribution >= 0.6 is 0 Å². The molecule has 0 fully saturated rings. The number of carbonyl (C=O) groups excluding carboxylic acids is 1. The highest BCUT2D eigenvalue weighted by Gasteiger charge is 2.23. The Hall–Kier alpha value is -2.36. The Morgan fingerprint density at radius 2 is 1.73 bits per heavy atom. The summed E-state index contributed by atoms with van der Waals surface area (Å²) in [6.45, 7) is 8.06. The molecule has 2 aromatic rings. The lowest BCUT2D eigenvalue weighted by atomic mass is 9.88. The molecule has 0 radical (unpaired) electrons. The van der Waals surface area contributed by atoms with Crippen molar-refractivity contribution in [2.24, 2.45) is 5.41 Å². The Morgan fingerprint density at radius 1 is 1.09 bits per heavy atom. The molecule has 0 aliphatic heterocycles. The Balaban J connectivity index is 2.24. The Labute approximate surface area is 130 Å². The summed E-state index contributed by atoms with van der Waals surface area (Å²) in [7, 11) is 0. The minimum Gasteiger partial charge on any atom is -0.349 e. The van der Waals surface area contributed by atoms with E-state index in [0.29, 0.717) is 5.69 Å². The lowest BCUT2D eigenvalue weighted by Gasteiger charge is -2.27. The van der Waals surface area contributed by atoms with Crippen LogP contribution in [0.3, 0.4) is 0 Å². The molecule has 2 rings (SSSR count). The molecule has 0 aliphatic carbocycles. The number of carbonyl (C=O) groups is 1. The molecule has 1 aromatic carbocycles. The molecule has 1 heterocycles. The van der Waals surface area contributed by atoms with E-state index < -0.39 is 0 Å². The van der Waals surface area contributed by atoms with Crippen LogP contribution in [-0.2, 0) is 0 Å². The summed E-state index contributed by atoms with van der Waals surface area (Å²) < 4.78 is 0. The molecule has 0 saturated carbocycles. The molecule has 0 bridgehead atoms. The van der Waals surface area contributed by atoms with Gasteiger partial charge in [0.2, 0.25) is 0 Å². The standard InChI is InChI=1S/C18H22N2O2/c1-12(18(2,3)4)19-16(21)14-10-11-15(20-17(14)22)13-8-6-5-7-9-13/h5-12H,1-4H3,(H,19,21)(H,20,22)/t12-/m0/s1. The van der Waals surface area contributed by atoms with Crippen LogP contribution < -0.4 is 10.9 Å². The van der Waals surface area contributed by atoms with Crippen LogP contribution in [0.4, 0.5) is 0 Å². The van der Waals surface area contributed by atoms with E-state index in [-0.39, 0.29) is 28.5 Å². The van der Waals surface area contributed by atoms with E-state index in [1.165, 1.54) is 0 Å². The van der Waals surface area contributed by atoms with E-state index in [0.717, 1.165) is 5.56 Å². The maximum absolute atomic E-state index is 12.2. The molecule has 0 unspecified atom stereocenters. The predicted octanol–water partition coefficient (Wildman–Crippen LogP) is 3.21. The first-order valence-electron chi connectivity index (χ1n) is 7.38.